The molecule has 0 amide bonds. The van der Waals surface area contributed by atoms with E-state index in [0.717, 1.165) is 41.9 Å². The fourth-order valence-electron chi connectivity index (χ4n) is 15.2. The number of nitrogens with two attached hydrogens (primary N) is 4. The molecule has 0 aliphatic carbocycles. The topological polar surface area (TPSA) is 296 Å². The van der Waals surface area contributed by atoms with Gasteiger partial charge in [-0.15, -0.1) is 0 Å². The zero-order valence-electron chi connectivity index (χ0n) is 116. The van der Waals surface area contributed by atoms with Gasteiger partial charge in [-0.2, -0.15) is 0 Å². The second-order valence-electron chi connectivity index (χ2n) is 32.0. The van der Waals surface area contributed by atoms with Crippen LogP contribution in [0.25, 0.3) is 0 Å². The predicted octanol–water partition coefficient (Wildman–Crippen LogP) is 14.3. The molecule has 4 fully saturated rings. The summed E-state index contributed by atoms with van der Waals surface area (Å²) in [5.41, 5.74) is 24.9. The minimum Gasteiger partial charge on any atom is -0.493 e. The molecule has 120 heavy (non-hydrogen) atoms. The second kappa shape index (κ2) is 43.9. The molecule has 0 bridgehead atoms. The van der Waals surface area contributed by atoms with Crippen molar-refractivity contribution in [2.24, 2.45) is 93.9 Å². The Morgan fingerprint density at radius 3 is 0.833 bits per heavy atom. The number of ether oxygens (including phenoxy) is 12. The van der Waals surface area contributed by atoms with Crippen LogP contribution in [0.4, 0.5) is 0 Å². The van der Waals surface area contributed by atoms with Crippen LogP contribution < -0.4 is 60.8 Å². The van der Waals surface area contributed by atoms with Crippen LogP contribution in [0.5, 0.6) is 46.0 Å². The van der Waals surface area contributed by atoms with Gasteiger partial charge >= 0.3 is 23.9 Å². The smallest absolute Gasteiger partial charge is 0.323 e. The van der Waals surface area contributed by atoms with Crippen LogP contribution in [0.3, 0.4) is 0 Å². The number of hydrogen-bond donors (Lipinski definition) is 4. The van der Waals surface area contributed by atoms with Crippen molar-refractivity contribution in [3.63, 3.8) is 0 Å². The van der Waals surface area contributed by atoms with E-state index in [1.54, 1.807) is 60.3 Å². The number of nitrogens with zero attached hydrogens (tertiary/aromatic N) is 4. The third-order valence-electron chi connectivity index (χ3n) is 22.0. The number of carbonyl (C=O) groups excluding carboxylic acids is 4. The summed E-state index contributed by atoms with van der Waals surface area (Å²) in [5.74, 6) is -24.1. The van der Waals surface area contributed by atoms with Crippen LogP contribution in [-0.4, -0.2) is 201 Å². The first-order valence-electron chi connectivity index (χ1n) is 62.3. The van der Waals surface area contributed by atoms with Gasteiger partial charge in [0.25, 0.3) is 0 Å². The Morgan fingerprint density at radius 2 is 0.592 bits per heavy atom. The number of methoxy groups -OCH3 is 8. The first-order chi connectivity index (χ1) is 74.1. The number of rotatable bonds is 28. The van der Waals surface area contributed by atoms with Crippen LogP contribution in [0, 0.1) is 70.9 Å². The number of carbonyl (C=O) groups is 4. The van der Waals surface area contributed by atoms with E-state index >= 15 is 0 Å². The monoisotopic (exact) mass is 1720 g/mol. The summed E-state index contributed by atoms with van der Waals surface area (Å²) in [6.45, 7) is 3.56. The summed E-state index contributed by atoms with van der Waals surface area (Å²) in [7, 11) is 1.65. The van der Waals surface area contributed by atoms with E-state index in [-0.39, 0.29) is 176 Å². The Bertz CT molecular complexity index is 6170. The van der Waals surface area contributed by atoms with Gasteiger partial charge in [0.2, 0.25) is 0 Å². The zero-order chi connectivity index (χ0) is 126. The molecule has 0 spiro atoms. The molecule has 4 aromatic rings. The van der Waals surface area contributed by atoms with Gasteiger partial charge in [-0.25, -0.2) is 0 Å². The Kier molecular flexibility index (Phi) is 19.0. The van der Waals surface area contributed by atoms with E-state index in [0.29, 0.717) is 11.1 Å². The molecule has 8 N–H and O–H groups in total. The van der Waals surface area contributed by atoms with E-state index in [4.69, 9.17) is 132 Å². The third-order valence-corrected chi connectivity index (χ3v) is 22.0. The molecule has 0 saturated carbocycles. The molecule has 8 aliphatic rings. The average molecular weight is 1720 g/mol. The molecule has 8 heterocycles. The molecule has 20 atom stereocenters. The lowest BCUT2D eigenvalue weighted by molar-refractivity contribution is -0.161. The minimum atomic E-state index is -3.15. The largest absolute Gasteiger partial charge is 0.493 e. The van der Waals surface area contributed by atoms with Gasteiger partial charge in [0.1, 0.15) is 48.5 Å². The molecular formula is C96H152N8O16. The summed E-state index contributed by atoms with van der Waals surface area (Å²) in [6.07, 6.45) is -21.2. The summed E-state index contributed by atoms with van der Waals surface area (Å²) in [6, 6.07) is -14.6. The van der Waals surface area contributed by atoms with Crippen molar-refractivity contribution in [1.82, 2.24) is 19.6 Å². The number of piperidine rings is 4. The quantitative estimate of drug-likeness (QED) is 0.0303. The predicted molar refractivity (Wildman–Crippen MR) is 471 cm³/mol. The normalized spacial score (nSPS) is 37.0. The van der Waals surface area contributed by atoms with Gasteiger partial charge in [0, 0.05) is 159 Å². The Balaban J connectivity index is 0.000000241. The average Bonchev–Trinajstić information content (AvgIpc) is 0.666. The number of hydrogen-bond acceptors (Lipinski definition) is 24. The lowest BCUT2D eigenvalue weighted by Gasteiger charge is -2.47. The Hall–Kier alpha value is -7.16. The number of esters is 4. The van der Waals surface area contributed by atoms with E-state index in [9.17, 15) is 27.4 Å². The molecule has 4 aromatic carbocycles. The molecular weight excluding hydrogens is 1520 g/mol. The summed E-state index contributed by atoms with van der Waals surface area (Å²) >= 11 is 0. The molecule has 0 aromatic heterocycles. The molecule has 4 saturated heterocycles. The van der Waals surface area contributed by atoms with Crippen LogP contribution in [0.2, 0.25) is 0 Å². The lowest BCUT2D eigenvalue weighted by Crippen LogP contribution is -2.51. The summed E-state index contributed by atoms with van der Waals surface area (Å²) in [4.78, 5) is 58.1. The van der Waals surface area contributed by atoms with Gasteiger partial charge in [-0.05, 0) is 191 Å². The van der Waals surface area contributed by atoms with Crippen molar-refractivity contribution in [2.75, 3.05) is 109 Å². The summed E-state index contributed by atoms with van der Waals surface area (Å²) in [5, 5.41) is 0. The Morgan fingerprint density at radius 1 is 0.367 bits per heavy atom. The minimum absolute atomic E-state index is 0.0157. The van der Waals surface area contributed by atoms with E-state index in [1.165, 1.54) is 43.1 Å². The highest BCUT2D eigenvalue weighted by atomic mass is 16.6. The maximum absolute atomic E-state index is 13.1. The third kappa shape index (κ3) is 23.8. The molecule has 24 heteroatoms. The van der Waals surface area contributed by atoms with Crippen molar-refractivity contribution in [2.45, 2.75) is 260 Å². The maximum atomic E-state index is 13.1. The van der Waals surface area contributed by atoms with Gasteiger partial charge < -0.3 is 79.8 Å². The van der Waals surface area contributed by atoms with Crippen molar-refractivity contribution >= 4 is 23.9 Å². The lowest BCUT2D eigenvalue weighted by atomic mass is 9.79. The van der Waals surface area contributed by atoms with Crippen LogP contribution in [0.15, 0.2) is 48.3 Å². The highest BCUT2D eigenvalue weighted by Crippen LogP contribution is 2.50. The molecule has 24 nitrogen and oxygen atoms in total. The fourth-order valence-corrected chi connectivity index (χ4v) is 15.2. The molecule has 16 unspecified atom stereocenters. The van der Waals surface area contributed by atoms with Crippen molar-refractivity contribution in [3.8, 4) is 46.0 Å². The van der Waals surface area contributed by atoms with Gasteiger partial charge in [0.05, 0.1) is 84.1 Å². The maximum Gasteiger partial charge on any atom is 0.323 e. The van der Waals surface area contributed by atoms with E-state index in [2.05, 4.69) is 0 Å². The summed E-state index contributed by atoms with van der Waals surface area (Å²) < 4.78 is 436. The Labute approximate surface area is 780 Å². The van der Waals surface area contributed by atoms with Crippen molar-refractivity contribution < 1.29 is 136 Å². The molecule has 0 radical (unpaired) electrons. The zero-order valence-corrected chi connectivity index (χ0v) is 72.0. The van der Waals surface area contributed by atoms with Gasteiger partial charge in [-0.3, -0.25) is 38.8 Å². The molecule has 672 valence electrons. The fraction of sp³-hybridized carbons (Fsp3) is 0.708. The first kappa shape index (κ1) is 51.9. The standard InChI is InChI=1S/4C24H38N2O4/c4*1-14(2)9-17-13-26-8-7-16-10-21(28-5)22(29-6)11-18(16)19(26)12-20(17)30-24(27)23(25)15(3)4/h4*10-11,14-15,17,19-20,23H,7-9,12-13,25H2,1-6H3/t4*17?,19?,20?,23-/m0000/s1/i1D3,5D3,9D2,10D,11D,14D,19D,20D;1D3,9D2,10D,11D,14D,19D,20D;1D3,5D3,9D2,10D,11D,14D,19D;1D3,9D2,10D,11D,14D,19D/t4*14?,17?,19?,20?,23-. The van der Waals surface area contributed by atoms with Crippen molar-refractivity contribution in [3.05, 3.63) is 92.8 Å². The molecule has 12 rings (SSSR count). The highest BCUT2D eigenvalue weighted by Gasteiger charge is 2.47. The first-order valence-corrected chi connectivity index (χ1v) is 40.3. The van der Waals surface area contributed by atoms with E-state index < -0.39 is 290 Å². The SMILES string of the molecule is [2H]c1c2c(c([2H])c(OC)c1OC([2H])([2H])[2H])C1([2H])CC(OC(=O)[C@@H](N)C(C)C)C(C([2H])([2H])C([2H])(C)C([2H])([2H])[2H])CN1CC2.[2H]c1c2c(c([2H])c(OC)c1OC([2H])([2H])[2H])C1([2H])CC([2H])(OC(=O)[C@@H](N)C(C)C)C(C([2H])([2H])C([2H])(C)C([2H])([2H])[2H])CN1CC2.[2H]c1c2c(c([2H])c(OC)c1OC)C1([2H])CC(OC(=O)[C@@H](N)C(C)C)C(C([2H])([2H])C([2H])(C)C([2H])([2H])[2H])CN1CC2.[2H]c1c2c(c([2H])c(OC)c1OC)C1([2H])CC([2H])(OC(=O)[C@@H](N)C(C)C)C(C([2H])([2H])C([2H])(C)C([2H])([2H])[2H])CN1CC2. The van der Waals surface area contributed by atoms with Gasteiger partial charge in [-0.1, -0.05) is 110 Å². The number of fused-ring (bicyclic) bond motifs is 12. The number of benzene rings is 4. The van der Waals surface area contributed by atoms with Crippen LogP contribution in [-0.2, 0) is 63.8 Å². The molecule has 8 aliphatic heterocycles. The van der Waals surface area contributed by atoms with Gasteiger partial charge in [0.15, 0.2) is 46.0 Å². The van der Waals surface area contributed by atoms with Crippen LogP contribution in [0.1, 0.15) is 291 Å². The van der Waals surface area contributed by atoms with E-state index in [1.807, 2.05) is 0 Å². The van der Waals surface area contributed by atoms with Crippen LogP contribution >= 0.6 is 0 Å². The highest BCUT2D eigenvalue weighted by molar-refractivity contribution is 5.77. The second-order valence-corrected chi connectivity index (χ2v) is 32.0. The van der Waals surface area contributed by atoms with Crippen molar-refractivity contribution in [1.29, 1.82) is 0 Å².